The zero-order chi connectivity index (χ0) is 11.9. The first-order chi connectivity index (χ1) is 8.93. The van der Waals surface area contributed by atoms with E-state index in [9.17, 15) is 0 Å². The Labute approximate surface area is 105 Å². The van der Waals surface area contributed by atoms with Crippen molar-refractivity contribution in [1.82, 2.24) is 15.3 Å². The lowest BCUT2D eigenvalue weighted by molar-refractivity contribution is 0.500. The molecule has 4 heteroatoms. The number of nitrogens with one attached hydrogen (secondary N) is 1. The topological polar surface area (TPSA) is 50.2 Å². The molecule has 4 rings (SSSR count). The molecular formula is C14H12N4. The lowest BCUT2D eigenvalue weighted by atomic mass is 9.98. The van der Waals surface area contributed by atoms with Gasteiger partial charge in [-0.25, -0.2) is 9.97 Å². The monoisotopic (exact) mass is 236 g/mol. The van der Waals surface area contributed by atoms with E-state index in [0.717, 1.165) is 17.8 Å². The second-order valence-corrected chi connectivity index (χ2v) is 4.57. The molecule has 18 heavy (non-hydrogen) atoms. The van der Waals surface area contributed by atoms with Crippen molar-refractivity contribution in [2.75, 3.05) is 0 Å². The van der Waals surface area contributed by atoms with Crippen LogP contribution in [0, 0.1) is 0 Å². The molecule has 2 atom stereocenters. The summed E-state index contributed by atoms with van der Waals surface area (Å²) in [5.41, 5.74) is 3.66. The summed E-state index contributed by atoms with van der Waals surface area (Å²) in [4.78, 5) is 13.2. The number of aliphatic imine (C=N–C) groups is 1. The van der Waals surface area contributed by atoms with Crippen molar-refractivity contribution in [1.29, 1.82) is 0 Å². The standard InChI is InChI=1S/C14H12N4/c1-3-9-11-5-8-17-14(18-11)12(9)10(4-1)13-15-6-2-7-16-13/h1-4,6-8,11,14,18H,5H2. The van der Waals surface area contributed by atoms with Crippen molar-refractivity contribution in [3.05, 3.63) is 47.8 Å². The van der Waals surface area contributed by atoms with Gasteiger partial charge in [-0.1, -0.05) is 18.2 Å². The highest BCUT2D eigenvalue weighted by Gasteiger charge is 2.34. The number of benzene rings is 1. The zero-order valence-electron chi connectivity index (χ0n) is 9.74. The minimum absolute atomic E-state index is 0.0683. The fourth-order valence-electron chi connectivity index (χ4n) is 2.77. The molecule has 88 valence electrons. The summed E-state index contributed by atoms with van der Waals surface area (Å²) in [5, 5.41) is 3.51. The number of nitrogens with zero attached hydrogens (tertiary/aromatic N) is 3. The van der Waals surface area contributed by atoms with Crippen LogP contribution in [-0.2, 0) is 0 Å². The van der Waals surface area contributed by atoms with Gasteiger partial charge in [-0.2, -0.15) is 0 Å². The maximum Gasteiger partial charge on any atom is 0.159 e. The van der Waals surface area contributed by atoms with Gasteiger partial charge < -0.3 is 0 Å². The molecule has 0 saturated heterocycles. The Morgan fingerprint density at radius 1 is 1.11 bits per heavy atom. The molecule has 1 aromatic heterocycles. The molecule has 4 nitrogen and oxygen atoms in total. The minimum Gasteiger partial charge on any atom is -0.285 e. The van der Waals surface area contributed by atoms with Crippen molar-refractivity contribution >= 4 is 6.21 Å². The molecule has 0 saturated carbocycles. The summed E-state index contributed by atoms with van der Waals surface area (Å²) in [6, 6.07) is 8.56. The molecular weight excluding hydrogens is 224 g/mol. The van der Waals surface area contributed by atoms with Gasteiger partial charge in [-0.3, -0.25) is 10.3 Å². The van der Waals surface area contributed by atoms with Crippen molar-refractivity contribution in [2.45, 2.75) is 18.6 Å². The summed E-state index contributed by atoms with van der Waals surface area (Å²) in [5.74, 6) is 0.777. The molecule has 2 aliphatic rings. The van der Waals surface area contributed by atoms with E-state index in [1.54, 1.807) is 12.4 Å². The molecule has 0 amide bonds. The summed E-state index contributed by atoms with van der Waals surface area (Å²) in [7, 11) is 0. The highest BCUT2D eigenvalue weighted by molar-refractivity contribution is 5.70. The van der Waals surface area contributed by atoms with E-state index in [1.807, 2.05) is 12.3 Å². The van der Waals surface area contributed by atoms with Crippen molar-refractivity contribution < 1.29 is 0 Å². The van der Waals surface area contributed by atoms with Crippen LogP contribution in [0.2, 0.25) is 0 Å². The Kier molecular flexibility index (Phi) is 2.04. The fourth-order valence-corrected chi connectivity index (χ4v) is 2.77. The second-order valence-electron chi connectivity index (χ2n) is 4.57. The van der Waals surface area contributed by atoms with Gasteiger partial charge >= 0.3 is 0 Å². The van der Waals surface area contributed by atoms with Crippen LogP contribution in [0.25, 0.3) is 11.4 Å². The molecule has 2 unspecified atom stereocenters. The maximum atomic E-state index is 4.53. The zero-order valence-corrected chi connectivity index (χ0v) is 9.74. The number of fused-ring (bicyclic) bond motifs is 5. The maximum absolute atomic E-state index is 4.53. The summed E-state index contributed by atoms with van der Waals surface area (Å²) < 4.78 is 0. The van der Waals surface area contributed by atoms with Crippen molar-refractivity contribution in [2.24, 2.45) is 4.99 Å². The fraction of sp³-hybridized carbons (Fsp3) is 0.214. The third-order valence-corrected chi connectivity index (χ3v) is 3.55. The van der Waals surface area contributed by atoms with Gasteiger partial charge in [0.15, 0.2) is 5.82 Å². The number of hydrogen-bond acceptors (Lipinski definition) is 4. The van der Waals surface area contributed by atoms with Crippen LogP contribution >= 0.6 is 0 Å². The number of rotatable bonds is 1. The molecule has 1 aromatic carbocycles. The van der Waals surface area contributed by atoms with Gasteiger partial charge in [0, 0.05) is 42.2 Å². The Bertz CT molecular complexity index is 621. The third kappa shape index (κ3) is 1.32. The summed E-state index contributed by atoms with van der Waals surface area (Å²) >= 11 is 0. The van der Waals surface area contributed by atoms with Gasteiger partial charge in [-0.05, 0) is 11.6 Å². The largest absolute Gasteiger partial charge is 0.285 e. The van der Waals surface area contributed by atoms with Crippen molar-refractivity contribution in [3.8, 4) is 11.4 Å². The van der Waals surface area contributed by atoms with Gasteiger partial charge in [0.05, 0.1) is 0 Å². The molecule has 0 fully saturated rings. The lowest BCUT2D eigenvalue weighted by Crippen LogP contribution is -2.20. The molecule has 3 heterocycles. The average molecular weight is 236 g/mol. The molecule has 0 spiro atoms. The molecule has 2 aliphatic heterocycles. The molecule has 1 N–H and O–H groups in total. The Balaban J connectivity index is 1.95. The van der Waals surface area contributed by atoms with E-state index in [1.165, 1.54) is 11.1 Å². The molecule has 2 bridgehead atoms. The van der Waals surface area contributed by atoms with Crippen LogP contribution in [0.5, 0.6) is 0 Å². The van der Waals surface area contributed by atoms with Gasteiger partial charge in [-0.15, -0.1) is 0 Å². The first-order valence-corrected chi connectivity index (χ1v) is 6.11. The van der Waals surface area contributed by atoms with E-state index >= 15 is 0 Å². The lowest BCUT2D eigenvalue weighted by Gasteiger charge is -2.14. The van der Waals surface area contributed by atoms with Crippen LogP contribution in [-0.4, -0.2) is 16.2 Å². The summed E-state index contributed by atoms with van der Waals surface area (Å²) in [6.07, 6.45) is 6.60. The van der Waals surface area contributed by atoms with E-state index in [4.69, 9.17) is 0 Å². The van der Waals surface area contributed by atoms with Crippen LogP contribution in [0.4, 0.5) is 0 Å². The minimum atomic E-state index is 0.0683. The molecule has 0 aliphatic carbocycles. The Hall–Kier alpha value is -2.07. The summed E-state index contributed by atoms with van der Waals surface area (Å²) in [6.45, 7) is 0. The first-order valence-electron chi connectivity index (χ1n) is 6.11. The third-order valence-electron chi connectivity index (χ3n) is 3.55. The van der Waals surface area contributed by atoms with Gasteiger partial charge in [0.1, 0.15) is 6.17 Å². The van der Waals surface area contributed by atoms with E-state index < -0.39 is 0 Å². The van der Waals surface area contributed by atoms with Crippen LogP contribution in [0.3, 0.4) is 0 Å². The smallest absolute Gasteiger partial charge is 0.159 e. The Morgan fingerprint density at radius 3 is 2.89 bits per heavy atom. The molecule has 2 aromatic rings. The average Bonchev–Trinajstić information content (AvgIpc) is 2.71. The highest BCUT2D eigenvalue weighted by Crippen LogP contribution is 2.42. The van der Waals surface area contributed by atoms with Crippen LogP contribution in [0.15, 0.2) is 41.7 Å². The SMILES string of the molecule is C1=NC2NC(C1)c1cccc(-c3ncccn3)c12. The molecule has 0 radical (unpaired) electrons. The number of aromatic nitrogens is 2. The van der Waals surface area contributed by atoms with Crippen LogP contribution < -0.4 is 5.32 Å². The first kappa shape index (κ1) is 9.91. The normalized spacial score (nSPS) is 24.0. The second kappa shape index (κ2) is 3.71. The Morgan fingerprint density at radius 2 is 2.00 bits per heavy atom. The quantitative estimate of drug-likeness (QED) is 0.826. The predicted molar refractivity (Wildman–Crippen MR) is 69.2 cm³/mol. The van der Waals surface area contributed by atoms with Crippen LogP contribution in [0.1, 0.15) is 29.8 Å². The van der Waals surface area contributed by atoms with E-state index in [2.05, 4.69) is 38.5 Å². The predicted octanol–water partition coefficient (Wildman–Crippen LogP) is 2.26. The van der Waals surface area contributed by atoms with Crippen molar-refractivity contribution in [3.63, 3.8) is 0 Å². The van der Waals surface area contributed by atoms with E-state index in [0.29, 0.717) is 6.04 Å². The van der Waals surface area contributed by atoms with E-state index in [-0.39, 0.29) is 6.17 Å². The highest BCUT2D eigenvalue weighted by atomic mass is 15.1. The van der Waals surface area contributed by atoms with Gasteiger partial charge in [0.2, 0.25) is 0 Å². The number of hydrogen-bond donors (Lipinski definition) is 1. The van der Waals surface area contributed by atoms with Gasteiger partial charge in [0.25, 0.3) is 0 Å².